The molecule has 17 heavy (non-hydrogen) atoms. The Kier molecular flexibility index (Phi) is 4.21. The van der Waals surface area contributed by atoms with Gasteiger partial charge in [0.15, 0.2) is 0 Å². The molecule has 0 bridgehead atoms. The summed E-state index contributed by atoms with van der Waals surface area (Å²) in [6, 6.07) is 1.95. The summed E-state index contributed by atoms with van der Waals surface area (Å²) in [6.45, 7) is 6.09. The zero-order valence-electron chi connectivity index (χ0n) is 10.3. The van der Waals surface area contributed by atoms with Crippen LogP contribution < -0.4 is 5.32 Å². The summed E-state index contributed by atoms with van der Waals surface area (Å²) in [5.74, 6) is -0.607. The number of carbonyl (C=O) groups is 2. The van der Waals surface area contributed by atoms with Crippen molar-refractivity contribution < 1.29 is 14.3 Å². The van der Waals surface area contributed by atoms with Gasteiger partial charge in [-0.1, -0.05) is 0 Å². The van der Waals surface area contributed by atoms with Gasteiger partial charge in [-0.25, -0.2) is 0 Å². The maximum Gasteiger partial charge on any atom is 0.246 e. The molecule has 1 atom stereocenters. The molecule has 6 nitrogen and oxygen atoms in total. The van der Waals surface area contributed by atoms with Crippen LogP contribution in [0.3, 0.4) is 0 Å². The largest absolute Gasteiger partial charge is 0.362 e. The number of nitrogens with zero attached hydrogens (tertiary/aromatic N) is 2. The summed E-state index contributed by atoms with van der Waals surface area (Å²) >= 11 is 0. The van der Waals surface area contributed by atoms with Crippen LogP contribution in [-0.2, 0) is 14.3 Å². The monoisotopic (exact) mass is 239 g/mol. The van der Waals surface area contributed by atoms with E-state index in [1.165, 1.54) is 0 Å². The summed E-state index contributed by atoms with van der Waals surface area (Å²) in [4.78, 5) is 24.6. The number of hydrogen-bond acceptors (Lipinski definition) is 5. The Morgan fingerprint density at radius 1 is 1.59 bits per heavy atom. The zero-order valence-corrected chi connectivity index (χ0v) is 10.3. The van der Waals surface area contributed by atoms with Crippen LogP contribution in [0.1, 0.15) is 20.8 Å². The average molecular weight is 239 g/mol. The molecular weight excluding hydrogens is 222 g/mol. The molecule has 0 radical (unpaired) electrons. The van der Waals surface area contributed by atoms with Crippen molar-refractivity contribution in [2.75, 3.05) is 19.7 Å². The van der Waals surface area contributed by atoms with Crippen LogP contribution in [0.15, 0.2) is 0 Å². The number of nitriles is 1. The van der Waals surface area contributed by atoms with E-state index < -0.39 is 11.6 Å². The molecule has 1 saturated heterocycles. The number of ether oxygens (including phenoxy) is 1. The van der Waals surface area contributed by atoms with Gasteiger partial charge in [-0.3, -0.25) is 19.8 Å². The molecule has 0 saturated carbocycles. The number of nitrogens with one attached hydrogen (secondary N) is 1. The molecule has 6 heteroatoms. The van der Waals surface area contributed by atoms with Gasteiger partial charge in [-0.15, -0.1) is 0 Å². The van der Waals surface area contributed by atoms with E-state index in [4.69, 9.17) is 10.00 Å². The highest BCUT2D eigenvalue weighted by Gasteiger charge is 2.40. The fraction of sp³-hybridized carbons (Fsp3) is 0.727. The summed E-state index contributed by atoms with van der Waals surface area (Å²) in [7, 11) is 0. The van der Waals surface area contributed by atoms with Crippen LogP contribution in [0, 0.1) is 11.3 Å². The molecule has 0 spiro atoms. The lowest BCUT2D eigenvalue weighted by Gasteiger charge is -2.40. The first-order chi connectivity index (χ1) is 7.87. The molecule has 1 unspecified atom stereocenters. The Hall–Kier alpha value is -1.45. The SMILES string of the molecule is CC(C#N)OCCN1CC(=O)NC(=O)C1(C)C. The number of piperazine rings is 1. The second kappa shape index (κ2) is 5.25. The van der Waals surface area contributed by atoms with E-state index in [2.05, 4.69) is 5.32 Å². The van der Waals surface area contributed by atoms with Crippen molar-refractivity contribution in [1.29, 1.82) is 5.26 Å². The van der Waals surface area contributed by atoms with Gasteiger partial charge in [0.1, 0.15) is 6.10 Å². The van der Waals surface area contributed by atoms with Crippen molar-refractivity contribution in [3.8, 4) is 6.07 Å². The third-order valence-corrected chi connectivity index (χ3v) is 2.84. The molecule has 0 aliphatic carbocycles. The Bertz CT molecular complexity index is 359. The van der Waals surface area contributed by atoms with Crippen molar-refractivity contribution in [2.24, 2.45) is 0 Å². The molecule has 1 rings (SSSR count). The molecular formula is C11H17N3O3. The van der Waals surface area contributed by atoms with Gasteiger partial charge in [-0.05, 0) is 20.8 Å². The quantitative estimate of drug-likeness (QED) is 0.678. The van der Waals surface area contributed by atoms with Gasteiger partial charge in [0.2, 0.25) is 11.8 Å². The van der Waals surface area contributed by atoms with Crippen LogP contribution in [0.4, 0.5) is 0 Å². The van der Waals surface area contributed by atoms with Gasteiger partial charge in [-0.2, -0.15) is 5.26 Å². The smallest absolute Gasteiger partial charge is 0.246 e. The topological polar surface area (TPSA) is 82.4 Å². The molecule has 0 aromatic heterocycles. The van der Waals surface area contributed by atoms with Gasteiger partial charge >= 0.3 is 0 Å². The van der Waals surface area contributed by atoms with Crippen LogP contribution >= 0.6 is 0 Å². The van der Waals surface area contributed by atoms with E-state index in [-0.39, 0.29) is 18.4 Å². The highest BCUT2D eigenvalue weighted by Crippen LogP contribution is 2.17. The van der Waals surface area contributed by atoms with Crippen LogP contribution in [0.2, 0.25) is 0 Å². The molecule has 2 amide bonds. The minimum Gasteiger partial charge on any atom is -0.362 e. The molecule has 0 aromatic carbocycles. The molecule has 1 heterocycles. The van der Waals surface area contributed by atoms with E-state index in [0.717, 1.165) is 0 Å². The first-order valence-electron chi connectivity index (χ1n) is 5.48. The van der Waals surface area contributed by atoms with E-state index in [1.807, 2.05) is 6.07 Å². The summed E-state index contributed by atoms with van der Waals surface area (Å²) in [6.07, 6.45) is -0.479. The second-order valence-electron chi connectivity index (χ2n) is 4.50. The number of rotatable bonds is 4. The zero-order chi connectivity index (χ0) is 13.1. The number of imide groups is 1. The third kappa shape index (κ3) is 3.25. The lowest BCUT2D eigenvalue weighted by molar-refractivity contribution is -0.145. The maximum absolute atomic E-state index is 11.6. The summed E-state index contributed by atoms with van der Waals surface area (Å²) in [5, 5.41) is 10.8. The van der Waals surface area contributed by atoms with Crippen molar-refractivity contribution in [3.63, 3.8) is 0 Å². The lowest BCUT2D eigenvalue weighted by atomic mass is 9.99. The standard InChI is InChI=1S/C11H17N3O3/c1-8(6-12)17-5-4-14-7-9(15)13-10(16)11(14,2)3/h8H,4-5,7H2,1-3H3,(H,13,15,16). The number of hydrogen-bond donors (Lipinski definition) is 1. The minimum atomic E-state index is -0.729. The van der Waals surface area contributed by atoms with E-state index in [0.29, 0.717) is 13.2 Å². The number of amides is 2. The maximum atomic E-state index is 11.6. The van der Waals surface area contributed by atoms with E-state index >= 15 is 0 Å². The Morgan fingerprint density at radius 2 is 2.24 bits per heavy atom. The second-order valence-corrected chi connectivity index (χ2v) is 4.50. The predicted octanol–water partition coefficient (Wildman–Crippen LogP) is -0.348. The normalized spacial score (nSPS) is 21.8. The fourth-order valence-electron chi connectivity index (χ4n) is 1.57. The van der Waals surface area contributed by atoms with Crippen molar-refractivity contribution in [2.45, 2.75) is 32.4 Å². The molecule has 1 N–H and O–H groups in total. The van der Waals surface area contributed by atoms with Gasteiger partial charge in [0, 0.05) is 6.54 Å². The molecule has 1 aliphatic rings. The third-order valence-electron chi connectivity index (χ3n) is 2.84. The first-order valence-corrected chi connectivity index (χ1v) is 5.48. The molecule has 1 aliphatic heterocycles. The highest BCUT2D eigenvalue weighted by molar-refractivity contribution is 6.02. The van der Waals surface area contributed by atoms with Gasteiger partial charge in [0.05, 0.1) is 24.8 Å². The summed E-state index contributed by atoms with van der Waals surface area (Å²) in [5.41, 5.74) is -0.729. The van der Waals surface area contributed by atoms with E-state index in [9.17, 15) is 9.59 Å². The molecule has 0 aromatic rings. The minimum absolute atomic E-state index is 0.170. The summed E-state index contributed by atoms with van der Waals surface area (Å²) < 4.78 is 5.21. The van der Waals surface area contributed by atoms with Gasteiger partial charge < -0.3 is 4.74 Å². The Balaban J connectivity index is 2.53. The van der Waals surface area contributed by atoms with Crippen molar-refractivity contribution >= 4 is 11.8 Å². The van der Waals surface area contributed by atoms with Crippen molar-refractivity contribution in [3.05, 3.63) is 0 Å². The molecule has 1 fully saturated rings. The van der Waals surface area contributed by atoms with Crippen LogP contribution in [0.25, 0.3) is 0 Å². The van der Waals surface area contributed by atoms with Gasteiger partial charge in [0.25, 0.3) is 0 Å². The Morgan fingerprint density at radius 3 is 2.82 bits per heavy atom. The van der Waals surface area contributed by atoms with Crippen LogP contribution in [0.5, 0.6) is 0 Å². The van der Waals surface area contributed by atoms with E-state index in [1.54, 1.807) is 25.7 Å². The number of carbonyl (C=O) groups excluding carboxylic acids is 2. The molecule has 94 valence electrons. The fourth-order valence-corrected chi connectivity index (χ4v) is 1.57. The van der Waals surface area contributed by atoms with Crippen molar-refractivity contribution in [1.82, 2.24) is 10.2 Å². The lowest BCUT2D eigenvalue weighted by Crippen LogP contribution is -2.64. The predicted molar refractivity (Wildman–Crippen MR) is 59.8 cm³/mol. The average Bonchev–Trinajstić information content (AvgIpc) is 2.25. The highest BCUT2D eigenvalue weighted by atomic mass is 16.5. The Labute approximate surface area is 101 Å². The van der Waals surface area contributed by atoms with Crippen LogP contribution in [-0.4, -0.2) is 48.1 Å². The first kappa shape index (κ1) is 13.6.